The molecule has 0 aliphatic heterocycles. The third-order valence-electron chi connectivity index (χ3n) is 3.61. The topological polar surface area (TPSA) is 118 Å². The summed E-state index contributed by atoms with van der Waals surface area (Å²) >= 11 is 0. The van der Waals surface area contributed by atoms with Gasteiger partial charge < -0.3 is 10.6 Å². The molecule has 2 aromatic rings. The normalized spacial score (nSPS) is 11.0. The van der Waals surface area contributed by atoms with Crippen LogP contribution in [0.15, 0.2) is 53.4 Å². The quantitative estimate of drug-likeness (QED) is 0.535. The van der Waals surface area contributed by atoms with Crippen LogP contribution in [-0.4, -0.2) is 38.6 Å². The lowest BCUT2D eigenvalue weighted by Crippen LogP contribution is -2.31. The number of carbonyl (C=O) groups is 1. The lowest BCUT2D eigenvalue weighted by atomic mass is 10.1. The molecule has 0 unspecified atom stereocenters. The molecule has 0 saturated carbocycles. The molecule has 0 aromatic heterocycles. The van der Waals surface area contributed by atoms with Crippen LogP contribution in [0, 0.1) is 10.1 Å². The minimum Gasteiger partial charge on any atom is -0.371 e. The Morgan fingerprint density at radius 2 is 1.85 bits per heavy atom. The van der Waals surface area contributed by atoms with Crippen LogP contribution in [0.4, 0.5) is 11.4 Å². The van der Waals surface area contributed by atoms with Crippen molar-refractivity contribution in [2.75, 3.05) is 24.7 Å². The highest BCUT2D eigenvalue weighted by atomic mass is 32.2. The van der Waals surface area contributed by atoms with E-state index in [-0.39, 0.29) is 23.0 Å². The van der Waals surface area contributed by atoms with Crippen molar-refractivity contribution in [1.29, 1.82) is 0 Å². The van der Waals surface area contributed by atoms with Gasteiger partial charge in [-0.2, -0.15) is 0 Å². The van der Waals surface area contributed by atoms with Crippen LogP contribution in [0.3, 0.4) is 0 Å². The van der Waals surface area contributed by atoms with Crippen LogP contribution < -0.4 is 10.6 Å². The third-order valence-corrected chi connectivity index (χ3v) is 4.72. The Bertz CT molecular complexity index is 898. The lowest BCUT2D eigenvalue weighted by Gasteiger charge is -2.09. The van der Waals surface area contributed by atoms with E-state index in [1.807, 2.05) is 30.3 Å². The maximum absolute atomic E-state index is 11.9. The Balaban J connectivity index is 1.93. The highest BCUT2D eigenvalue weighted by molar-refractivity contribution is 7.90. The van der Waals surface area contributed by atoms with Crippen LogP contribution in [0.25, 0.3) is 0 Å². The second-order valence-electron chi connectivity index (χ2n) is 5.65. The smallest absolute Gasteiger partial charge is 0.293 e. The third kappa shape index (κ3) is 5.55. The minimum absolute atomic E-state index is 0.0839. The zero-order chi connectivity index (χ0) is 19.2. The first-order valence-electron chi connectivity index (χ1n) is 7.80. The summed E-state index contributed by atoms with van der Waals surface area (Å²) in [6.07, 6.45) is 1.65. The van der Waals surface area contributed by atoms with Crippen molar-refractivity contribution in [3.05, 3.63) is 64.2 Å². The van der Waals surface area contributed by atoms with Gasteiger partial charge in [-0.15, -0.1) is 0 Å². The van der Waals surface area contributed by atoms with Gasteiger partial charge in [0.05, 0.1) is 16.4 Å². The van der Waals surface area contributed by atoms with E-state index in [1.165, 1.54) is 12.1 Å². The first-order valence-corrected chi connectivity index (χ1v) is 9.69. The highest BCUT2D eigenvalue weighted by Gasteiger charge is 2.19. The van der Waals surface area contributed by atoms with Crippen LogP contribution in [0.1, 0.15) is 5.56 Å². The molecule has 0 fully saturated rings. The summed E-state index contributed by atoms with van der Waals surface area (Å²) in [7, 11) is -3.56. The van der Waals surface area contributed by atoms with E-state index in [4.69, 9.17) is 0 Å². The molecule has 0 aliphatic rings. The van der Waals surface area contributed by atoms with Gasteiger partial charge in [-0.3, -0.25) is 14.9 Å². The van der Waals surface area contributed by atoms with Gasteiger partial charge in [0.1, 0.15) is 5.69 Å². The summed E-state index contributed by atoms with van der Waals surface area (Å²) in [4.78, 5) is 22.2. The van der Waals surface area contributed by atoms with Gasteiger partial charge >= 0.3 is 0 Å². The number of hydrogen-bond acceptors (Lipinski definition) is 6. The summed E-state index contributed by atoms with van der Waals surface area (Å²) in [6, 6.07) is 13.2. The highest BCUT2D eigenvalue weighted by Crippen LogP contribution is 2.27. The average molecular weight is 377 g/mol. The molecular weight excluding hydrogens is 358 g/mol. The van der Waals surface area contributed by atoms with Crippen LogP contribution in [0.2, 0.25) is 0 Å². The van der Waals surface area contributed by atoms with Crippen LogP contribution in [-0.2, 0) is 21.1 Å². The van der Waals surface area contributed by atoms with E-state index in [0.717, 1.165) is 17.9 Å². The van der Waals surface area contributed by atoms with E-state index >= 15 is 0 Å². The zero-order valence-electron chi connectivity index (χ0n) is 14.1. The summed E-state index contributed by atoms with van der Waals surface area (Å²) < 4.78 is 23.0. The van der Waals surface area contributed by atoms with Crippen molar-refractivity contribution in [3.63, 3.8) is 0 Å². The molecule has 0 bridgehead atoms. The van der Waals surface area contributed by atoms with Gasteiger partial charge in [0.2, 0.25) is 5.91 Å². The van der Waals surface area contributed by atoms with Crippen molar-refractivity contribution in [2.45, 2.75) is 11.3 Å². The standard InChI is InChI=1S/C17H19N3O5S/c1-26(24,25)14-7-8-15(16(11-14)20(22)23)19-12-17(21)18-10-9-13-5-3-2-4-6-13/h2-8,11,19H,9-10,12H2,1H3,(H,18,21). The van der Waals surface area contributed by atoms with Crippen molar-refractivity contribution in [3.8, 4) is 0 Å². The monoisotopic (exact) mass is 377 g/mol. The Hall–Kier alpha value is -2.94. The van der Waals surface area contributed by atoms with Gasteiger partial charge in [0.25, 0.3) is 5.69 Å². The second-order valence-corrected chi connectivity index (χ2v) is 7.66. The molecule has 2 aromatic carbocycles. The molecule has 0 aliphatic carbocycles. The van der Waals surface area contributed by atoms with Crippen molar-refractivity contribution in [1.82, 2.24) is 5.32 Å². The number of carbonyl (C=O) groups excluding carboxylic acids is 1. The molecule has 0 atom stereocenters. The SMILES string of the molecule is CS(=O)(=O)c1ccc(NCC(=O)NCCc2ccccc2)c([N+](=O)[O-])c1. The van der Waals surface area contributed by atoms with Crippen molar-refractivity contribution in [2.24, 2.45) is 0 Å². The number of hydrogen-bond donors (Lipinski definition) is 2. The van der Waals surface area contributed by atoms with Crippen molar-refractivity contribution >= 4 is 27.1 Å². The van der Waals surface area contributed by atoms with E-state index < -0.39 is 20.4 Å². The summed E-state index contributed by atoms with van der Waals surface area (Å²) in [5.41, 5.74) is 0.776. The van der Waals surface area contributed by atoms with E-state index in [1.54, 1.807) is 0 Å². The Morgan fingerprint density at radius 3 is 2.46 bits per heavy atom. The number of nitrogens with zero attached hydrogens (tertiary/aromatic N) is 1. The molecule has 0 radical (unpaired) electrons. The molecule has 0 spiro atoms. The number of amides is 1. The molecule has 8 nitrogen and oxygen atoms in total. The summed E-state index contributed by atoms with van der Waals surface area (Å²) in [5.74, 6) is -0.317. The molecule has 26 heavy (non-hydrogen) atoms. The molecule has 2 rings (SSSR count). The Labute approximate surface area is 151 Å². The molecule has 0 saturated heterocycles. The fourth-order valence-electron chi connectivity index (χ4n) is 2.27. The largest absolute Gasteiger partial charge is 0.371 e. The maximum Gasteiger partial charge on any atom is 0.293 e. The summed E-state index contributed by atoms with van der Waals surface area (Å²) in [5, 5.41) is 16.5. The molecular formula is C17H19N3O5S. The first-order chi connectivity index (χ1) is 12.3. The van der Waals surface area contributed by atoms with Crippen LogP contribution in [0.5, 0.6) is 0 Å². The van der Waals surface area contributed by atoms with Gasteiger partial charge in [0.15, 0.2) is 9.84 Å². The Morgan fingerprint density at radius 1 is 1.15 bits per heavy atom. The minimum atomic E-state index is -3.56. The van der Waals surface area contributed by atoms with Crippen molar-refractivity contribution < 1.29 is 18.1 Å². The van der Waals surface area contributed by atoms with Gasteiger partial charge in [-0.05, 0) is 24.1 Å². The van der Waals surface area contributed by atoms with Gasteiger partial charge in [-0.25, -0.2) is 8.42 Å². The summed E-state index contributed by atoms with van der Waals surface area (Å²) in [6.45, 7) is 0.285. The lowest BCUT2D eigenvalue weighted by molar-refractivity contribution is -0.384. The average Bonchev–Trinajstić information content (AvgIpc) is 2.60. The van der Waals surface area contributed by atoms with E-state index in [9.17, 15) is 23.3 Å². The molecule has 2 N–H and O–H groups in total. The van der Waals surface area contributed by atoms with Gasteiger partial charge in [0, 0.05) is 18.9 Å². The van der Waals surface area contributed by atoms with E-state index in [0.29, 0.717) is 13.0 Å². The Kier molecular flexibility index (Phi) is 6.29. The number of benzene rings is 2. The second kappa shape index (κ2) is 8.43. The predicted octanol–water partition coefficient (Wildman–Crippen LogP) is 1.77. The van der Waals surface area contributed by atoms with E-state index in [2.05, 4.69) is 10.6 Å². The first kappa shape index (κ1) is 19.4. The molecule has 0 heterocycles. The maximum atomic E-state index is 11.9. The molecule has 9 heteroatoms. The fraction of sp³-hybridized carbons (Fsp3) is 0.235. The number of nitro benzene ring substituents is 1. The number of anilines is 1. The van der Waals surface area contributed by atoms with Gasteiger partial charge in [-0.1, -0.05) is 30.3 Å². The van der Waals surface area contributed by atoms with Crippen LogP contribution >= 0.6 is 0 Å². The number of rotatable bonds is 8. The number of nitro groups is 1. The molecule has 1 amide bonds. The number of nitrogens with one attached hydrogen (secondary N) is 2. The zero-order valence-corrected chi connectivity index (χ0v) is 15.0. The fourth-order valence-corrected chi connectivity index (χ4v) is 2.91. The molecule has 138 valence electrons. The number of sulfone groups is 1. The predicted molar refractivity (Wildman–Crippen MR) is 97.9 cm³/mol.